The number of hydroxylamine groups is 2. The van der Waals surface area contributed by atoms with Crippen molar-refractivity contribution in [1.82, 2.24) is 15.3 Å². The summed E-state index contributed by atoms with van der Waals surface area (Å²) in [5.41, 5.74) is 1.07. The first-order valence-corrected chi connectivity index (χ1v) is 10.3. The van der Waals surface area contributed by atoms with E-state index < -0.39 is 35.3 Å². The third kappa shape index (κ3) is 5.22. The largest absolute Gasteiger partial charge is 0.495 e. The van der Waals surface area contributed by atoms with E-state index in [1.54, 1.807) is 0 Å². The number of fused-ring (bicyclic) bond motifs is 1. The van der Waals surface area contributed by atoms with E-state index in [2.05, 4.69) is 15.1 Å². The van der Waals surface area contributed by atoms with Crippen molar-refractivity contribution in [3.8, 4) is 5.75 Å². The van der Waals surface area contributed by atoms with Crippen LogP contribution in [0, 0.1) is 10.1 Å². The molecule has 0 aliphatic carbocycles. The second-order valence-electron chi connectivity index (χ2n) is 7.60. The Kier molecular flexibility index (Phi) is 6.47. The second kappa shape index (κ2) is 9.31. The summed E-state index contributed by atoms with van der Waals surface area (Å²) in [7, 11) is 0. The average Bonchev–Trinajstić information content (AvgIpc) is 3.16. The van der Waals surface area contributed by atoms with Crippen LogP contribution in [0.25, 0.3) is 0 Å². The molecule has 1 N–H and O–H groups in total. The molecular weight excluding hydrogens is 451 g/mol. The Morgan fingerprint density at radius 3 is 2.55 bits per heavy atom. The monoisotopic (exact) mass is 473 g/mol. The molecule has 0 bridgehead atoms. The van der Waals surface area contributed by atoms with Crippen LogP contribution in [0.4, 0.5) is 18.9 Å². The molecule has 3 heterocycles. The zero-order chi connectivity index (χ0) is 23.6. The Morgan fingerprint density at radius 1 is 1.21 bits per heavy atom. The van der Waals surface area contributed by atoms with Gasteiger partial charge in [-0.1, -0.05) is 0 Å². The predicted molar refractivity (Wildman–Crippen MR) is 106 cm³/mol. The number of anilines is 1. The molecule has 1 unspecified atom stereocenters. The van der Waals surface area contributed by atoms with Gasteiger partial charge in [-0.05, 0) is 40.7 Å². The fraction of sp³-hybridized carbons (Fsp3) is 0.526. The molecule has 3 aliphatic rings. The molecule has 1 aromatic carbocycles. The summed E-state index contributed by atoms with van der Waals surface area (Å²) in [5.74, 6) is -2.83. The average molecular weight is 473 g/mol. The predicted octanol–water partition coefficient (Wildman–Crippen LogP) is 1.26. The molecule has 4 rings (SSSR count). The highest BCUT2D eigenvalue weighted by atomic mass is 19.4. The first-order chi connectivity index (χ1) is 15.7. The van der Waals surface area contributed by atoms with Gasteiger partial charge in [0.05, 0.1) is 6.10 Å². The number of carbonyl (C=O) groups is 1. The number of halogens is 3. The summed E-state index contributed by atoms with van der Waals surface area (Å²) in [6.45, 7) is 3.94. The third-order valence-corrected chi connectivity index (χ3v) is 5.37. The number of alkyl halides is 3. The van der Waals surface area contributed by atoms with Crippen LogP contribution >= 0.6 is 0 Å². The minimum Gasteiger partial charge on any atom is -0.491 e. The maximum Gasteiger partial charge on any atom is 0.495 e. The Hall–Kier alpha value is -3.26. The van der Waals surface area contributed by atoms with Crippen LogP contribution in [0.1, 0.15) is 6.42 Å². The number of hydrogen-bond donors (Lipinski definition) is 1. The number of benzene rings is 1. The molecule has 33 heavy (non-hydrogen) atoms. The minimum absolute atomic E-state index is 0.0617. The highest BCUT2D eigenvalue weighted by molar-refractivity contribution is 5.75. The van der Waals surface area contributed by atoms with Gasteiger partial charge in [-0.15, -0.1) is 0 Å². The van der Waals surface area contributed by atoms with Crippen molar-refractivity contribution in [2.75, 3.05) is 44.2 Å². The van der Waals surface area contributed by atoms with Gasteiger partial charge in [-0.25, -0.2) is 9.63 Å². The molecule has 0 spiro atoms. The summed E-state index contributed by atoms with van der Waals surface area (Å²) in [5, 5.41) is 14.7. The van der Waals surface area contributed by atoms with Gasteiger partial charge in [0.15, 0.2) is 0 Å². The fourth-order valence-corrected chi connectivity index (χ4v) is 3.71. The van der Waals surface area contributed by atoms with Gasteiger partial charge in [0, 0.05) is 38.4 Å². The molecule has 3 aliphatic heterocycles. The number of ether oxygens (including phenoxy) is 2. The van der Waals surface area contributed by atoms with Crippen LogP contribution in [0.2, 0.25) is 0 Å². The molecule has 2 fully saturated rings. The Balaban J connectivity index is 1.35. The van der Waals surface area contributed by atoms with Crippen LogP contribution in [0.3, 0.4) is 0 Å². The van der Waals surface area contributed by atoms with Gasteiger partial charge < -0.3 is 34.7 Å². The van der Waals surface area contributed by atoms with Crippen molar-refractivity contribution in [2.24, 2.45) is 0 Å². The van der Waals surface area contributed by atoms with Crippen LogP contribution in [0.5, 0.6) is 5.75 Å². The number of rotatable bonds is 6. The van der Waals surface area contributed by atoms with E-state index in [0.29, 0.717) is 12.2 Å². The van der Waals surface area contributed by atoms with Crippen LogP contribution in [0.15, 0.2) is 36.3 Å². The number of piperazine rings is 1. The maximum absolute atomic E-state index is 12.6. The van der Waals surface area contributed by atoms with E-state index in [-0.39, 0.29) is 18.2 Å². The van der Waals surface area contributed by atoms with Crippen molar-refractivity contribution in [1.29, 1.82) is 0 Å². The van der Waals surface area contributed by atoms with Gasteiger partial charge >= 0.3 is 24.3 Å². The minimum atomic E-state index is -5.32. The zero-order valence-electron chi connectivity index (χ0n) is 17.4. The molecular formula is C19H22F3N5O6. The standard InChI is InChI=1S/C19H22F3N5O6/c20-19(21,22)17(28)33-26-16(27(29)30)11-25-8-5-15(32-18(25)26)12-31-14-3-1-13(2-4-14)24-9-6-23-7-10-24/h1-4,11,15,18,23H,5-10,12H2/t15-,18?/m1/s1. The zero-order valence-corrected chi connectivity index (χ0v) is 17.4. The molecule has 14 heteroatoms. The van der Waals surface area contributed by atoms with Crippen LogP contribution < -0.4 is 15.0 Å². The van der Waals surface area contributed by atoms with Crippen LogP contribution in [-0.2, 0) is 14.4 Å². The number of nitrogens with zero attached hydrogens (tertiary/aromatic N) is 4. The molecule has 11 nitrogen and oxygen atoms in total. The van der Waals surface area contributed by atoms with E-state index in [9.17, 15) is 28.1 Å². The van der Waals surface area contributed by atoms with Crippen molar-refractivity contribution < 1.29 is 37.2 Å². The summed E-state index contributed by atoms with van der Waals surface area (Å²) >= 11 is 0. The normalized spacial score (nSPS) is 23.1. The lowest BCUT2D eigenvalue weighted by Gasteiger charge is -2.34. The van der Waals surface area contributed by atoms with Gasteiger partial charge in [0.25, 0.3) is 0 Å². The lowest BCUT2D eigenvalue weighted by molar-refractivity contribution is -0.473. The number of hydrogen-bond acceptors (Lipinski definition) is 10. The summed E-state index contributed by atoms with van der Waals surface area (Å²) in [6.07, 6.45) is -5.92. The second-order valence-corrected chi connectivity index (χ2v) is 7.60. The first-order valence-electron chi connectivity index (χ1n) is 10.3. The fourth-order valence-electron chi connectivity index (χ4n) is 3.71. The SMILES string of the molecule is O=C(ON1C([N+](=O)[O-])=CN2CC[C@H](COc3ccc(N4CCNCC4)cc3)OC21)C(F)(F)F. The molecule has 2 atom stereocenters. The van der Waals surface area contributed by atoms with E-state index >= 15 is 0 Å². The number of nitrogens with one attached hydrogen (secondary N) is 1. The van der Waals surface area contributed by atoms with E-state index in [1.807, 2.05) is 24.3 Å². The van der Waals surface area contributed by atoms with E-state index in [4.69, 9.17) is 9.47 Å². The van der Waals surface area contributed by atoms with Gasteiger partial charge in [0.1, 0.15) is 18.6 Å². The van der Waals surface area contributed by atoms with Crippen molar-refractivity contribution in [2.45, 2.75) is 25.1 Å². The molecule has 2 saturated heterocycles. The lowest BCUT2D eigenvalue weighted by atomic mass is 10.2. The van der Waals surface area contributed by atoms with Crippen molar-refractivity contribution >= 4 is 11.7 Å². The van der Waals surface area contributed by atoms with Gasteiger partial charge in [-0.2, -0.15) is 13.2 Å². The Labute approximate surface area is 186 Å². The topological polar surface area (TPSA) is 110 Å². The Bertz CT molecular complexity index is 906. The quantitative estimate of drug-likeness (QED) is 0.479. The van der Waals surface area contributed by atoms with Gasteiger partial charge in [0.2, 0.25) is 0 Å². The maximum atomic E-state index is 12.6. The summed E-state index contributed by atoms with van der Waals surface area (Å²) in [6, 6.07) is 7.50. The Morgan fingerprint density at radius 2 is 1.91 bits per heavy atom. The molecule has 0 amide bonds. The van der Waals surface area contributed by atoms with E-state index in [0.717, 1.165) is 38.1 Å². The smallest absolute Gasteiger partial charge is 0.491 e. The summed E-state index contributed by atoms with van der Waals surface area (Å²) < 4.78 is 49.3. The highest BCUT2D eigenvalue weighted by Crippen LogP contribution is 2.32. The molecule has 0 radical (unpaired) electrons. The van der Waals surface area contributed by atoms with Gasteiger partial charge in [-0.3, -0.25) is 0 Å². The number of carbonyl (C=O) groups excluding carboxylic acids is 1. The highest BCUT2D eigenvalue weighted by Gasteiger charge is 2.53. The third-order valence-electron chi connectivity index (χ3n) is 5.37. The molecule has 180 valence electrons. The van der Waals surface area contributed by atoms with Crippen molar-refractivity contribution in [3.63, 3.8) is 0 Å². The van der Waals surface area contributed by atoms with Crippen molar-refractivity contribution in [3.05, 3.63) is 46.4 Å². The van der Waals surface area contributed by atoms with E-state index in [1.165, 1.54) is 4.90 Å². The summed E-state index contributed by atoms with van der Waals surface area (Å²) in [4.78, 5) is 29.3. The molecule has 0 aromatic heterocycles. The molecule has 1 aromatic rings. The van der Waals surface area contributed by atoms with Crippen LogP contribution in [-0.4, -0.2) is 78.8 Å². The number of nitro groups is 1. The molecule has 0 saturated carbocycles. The first kappa shape index (κ1) is 22.9. The lowest BCUT2D eigenvalue weighted by Crippen LogP contribution is -2.51.